The highest BCUT2D eigenvalue weighted by Gasteiger charge is 2.31. The van der Waals surface area contributed by atoms with Crippen LogP contribution < -0.4 is 5.32 Å². The van der Waals surface area contributed by atoms with Crippen molar-refractivity contribution in [1.29, 1.82) is 0 Å². The van der Waals surface area contributed by atoms with E-state index in [0.29, 0.717) is 18.1 Å². The van der Waals surface area contributed by atoms with E-state index in [1.54, 1.807) is 0 Å². The molecule has 0 radical (unpaired) electrons. The Morgan fingerprint density at radius 2 is 2.47 bits per heavy atom. The molecule has 17 heavy (non-hydrogen) atoms. The highest BCUT2D eigenvalue weighted by molar-refractivity contribution is 5.07. The van der Waals surface area contributed by atoms with E-state index in [1.165, 1.54) is 12.0 Å². The number of nitrogens with one attached hydrogen (secondary N) is 1. The third-order valence-corrected chi connectivity index (χ3v) is 3.63. The van der Waals surface area contributed by atoms with Crippen LogP contribution in [0.3, 0.4) is 0 Å². The number of rotatable bonds is 5. The minimum atomic E-state index is 0.371. The maximum atomic E-state index is 5.67. The van der Waals surface area contributed by atoms with Gasteiger partial charge in [0.2, 0.25) is 0 Å². The van der Waals surface area contributed by atoms with Crippen LogP contribution in [-0.2, 0) is 18.2 Å². The summed E-state index contributed by atoms with van der Waals surface area (Å²) in [5.74, 6) is 0.621. The molecule has 2 rings (SSSR count). The summed E-state index contributed by atoms with van der Waals surface area (Å²) >= 11 is 0. The van der Waals surface area contributed by atoms with Crippen LogP contribution in [0.25, 0.3) is 0 Å². The minimum absolute atomic E-state index is 0.371. The summed E-state index contributed by atoms with van der Waals surface area (Å²) in [5, 5.41) is 7.83. The molecule has 1 aliphatic heterocycles. The third kappa shape index (κ3) is 3.07. The topological polar surface area (TPSA) is 39.1 Å². The second kappa shape index (κ2) is 5.65. The average molecular weight is 237 g/mol. The normalized spacial score (nSPS) is 26.3. The number of likely N-dealkylation sites (N-methyl/N-ethyl adjacent to an activating group) is 1. The maximum Gasteiger partial charge on any atom is 0.0590 e. The first kappa shape index (κ1) is 12.6. The standard InChI is InChI=1S/C13H23N3O/c1-4-14-13(12-5-6-17-10(12)2)7-11-8-15-16(3)9-11/h8-10,12-14H,4-7H2,1-3H3. The van der Waals surface area contributed by atoms with Crippen molar-refractivity contribution in [2.75, 3.05) is 13.2 Å². The summed E-state index contributed by atoms with van der Waals surface area (Å²) < 4.78 is 7.54. The largest absolute Gasteiger partial charge is 0.378 e. The molecule has 0 aliphatic carbocycles. The SMILES string of the molecule is CCNC(Cc1cnn(C)c1)C1CCOC1C. The van der Waals surface area contributed by atoms with Crippen molar-refractivity contribution in [3.63, 3.8) is 0 Å². The minimum Gasteiger partial charge on any atom is -0.378 e. The zero-order chi connectivity index (χ0) is 12.3. The summed E-state index contributed by atoms with van der Waals surface area (Å²) in [6.45, 7) is 6.26. The first-order chi connectivity index (χ1) is 8.20. The van der Waals surface area contributed by atoms with Crippen LogP contribution in [-0.4, -0.2) is 35.1 Å². The Hall–Kier alpha value is -0.870. The van der Waals surface area contributed by atoms with E-state index in [1.807, 2.05) is 17.9 Å². The van der Waals surface area contributed by atoms with Gasteiger partial charge in [-0.1, -0.05) is 6.92 Å². The van der Waals surface area contributed by atoms with E-state index in [-0.39, 0.29) is 0 Å². The summed E-state index contributed by atoms with van der Waals surface area (Å²) in [6, 6.07) is 0.502. The lowest BCUT2D eigenvalue weighted by atomic mass is 9.89. The predicted molar refractivity (Wildman–Crippen MR) is 67.9 cm³/mol. The molecular weight excluding hydrogens is 214 g/mol. The predicted octanol–water partition coefficient (Wildman–Crippen LogP) is 1.37. The van der Waals surface area contributed by atoms with Crippen LogP contribution in [0.4, 0.5) is 0 Å². The van der Waals surface area contributed by atoms with Gasteiger partial charge in [0.1, 0.15) is 0 Å². The molecule has 4 nitrogen and oxygen atoms in total. The lowest BCUT2D eigenvalue weighted by molar-refractivity contribution is 0.0956. The number of aromatic nitrogens is 2. The molecule has 4 heteroatoms. The molecule has 0 aromatic carbocycles. The summed E-state index contributed by atoms with van der Waals surface area (Å²) in [5.41, 5.74) is 1.30. The zero-order valence-electron chi connectivity index (χ0n) is 11.0. The van der Waals surface area contributed by atoms with Gasteiger partial charge in [-0.15, -0.1) is 0 Å². The van der Waals surface area contributed by atoms with Gasteiger partial charge < -0.3 is 10.1 Å². The monoisotopic (exact) mass is 237 g/mol. The molecule has 0 spiro atoms. The van der Waals surface area contributed by atoms with Crippen LogP contribution in [0.5, 0.6) is 0 Å². The Bertz CT molecular complexity index is 350. The molecule has 1 aliphatic rings. The van der Waals surface area contributed by atoms with Gasteiger partial charge in [0.25, 0.3) is 0 Å². The van der Waals surface area contributed by atoms with Crippen LogP contribution in [0.2, 0.25) is 0 Å². The molecule has 1 fully saturated rings. The van der Waals surface area contributed by atoms with Gasteiger partial charge in [-0.3, -0.25) is 4.68 Å². The van der Waals surface area contributed by atoms with E-state index in [0.717, 1.165) is 19.6 Å². The summed E-state index contributed by atoms with van der Waals surface area (Å²) in [7, 11) is 1.97. The molecule has 96 valence electrons. The Morgan fingerprint density at radius 3 is 3.00 bits per heavy atom. The van der Waals surface area contributed by atoms with Crippen LogP contribution >= 0.6 is 0 Å². The second-order valence-corrected chi connectivity index (χ2v) is 4.92. The van der Waals surface area contributed by atoms with E-state index in [4.69, 9.17) is 4.74 Å². The zero-order valence-corrected chi connectivity index (χ0v) is 11.0. The first-order valence-corrected chi connectivity index (χ1v) is 6.53. The summed E-state index contributed by atoms with van der Waals surface area (Å²) in [6.07, 6.45) is 6.64. The molecule has 3 unspecified atom stereocenters. The number of aryl methyl sites for hydroxylation is 1. The number of ether oxygens (including phenoxy) is 1. The van der Waals surface area contributed by atoms with E-state index < -0.39 is 0 Å². The Kier molecular flexibility index (Phi) is 4.18. The first-order valence-electron chi connectivity index (χ1n) is 6.53. The fourth-order valence-corrected chi connectivity index (χ4v) is 2.74. The number of hydrogen-bond acceptors (Lipinski definition) is 3. The van der Waals surface area contributed by atoms with Crippen molar-refractivity contribution in [2.45, 2.75) is 38.8 Å². The van der Waals surface area contributed by atoms with Crippen LogP contribution in [0, 0.1) is 5.92 Å². The lowest BCUT2D eigenvalue weighted by Gasteiger charge is -2.26. The van der Waals surface area contributed by atoms with E-state index in [2.05, 4.69) is 30.5 Å². The quantitative estimate of drug-likeness (QED) is 0.840. The number of hydrogen-bond donors (Lipinski definition) is 1. The van der Waals surface area contributed by atoms with Gasteiger partial charge in [-0.25, -0.2) is 0 Å². The maximum absolute atomic E-state index is 5.67. The number of nitrogens with zero attached hydrogens (tertiary/aromatic N) is 2. The van der Waals surface area contributed by atoms with Gasteiger partial charge in [-0.2, -0.15) is 5.10 Å². The molecule has 2 heterocycles. The Morgan fingerprint density at radius 1 is 1.65 bits per heavy atom. The van der Waals surface area contributed by atoms with Gasteiger partial charge >= 0.3 is 0 Å². The van der Waals surface area contributed by atoms with Gasteiger partial charge in [-0.05, 0) is 31.9 Å². The van der Waals surface area contributed by atoms with Crippen LogP contribution in [0.1, 0.15) is 25.8 Å². The van der Waals surface area contributed by atoms with Gasteiger partial charge in [0, 0.05) is 31.8 Å². The molecule has 1 aromatic rings. The van der Waals surface area contributed by atoms with Crippen molar-refractivity contribution < 1.29 is 4.74 Å². The molecule has 0 amide bonds. The fraction of sp³-hybridized carbons (Fsp3) is 0.769. The Labute approximate surface area is 103 Å². The molecule has 0 saturated carbocycles. The van der Waals surface area contributed by atoms with E-state index >= 15 is 0 Å². The van der Waals surface area contributed by atoms with Crippen molar-refractivity contribution in [2.24, 2.45) is 13.0 Å². The fourth-order valence-electron chi connectivity index (χ4n) is 2.74. The van der Waals surface area contributed by atoms with Crippen molar-refractivity contribution in [3.8, 4) is 0 Å². The molecule has 1 saturated heterocycles. The molecule has 3 atom stereocenters. The van der Waals surface area contributed by atoms with Crippen molar-refractivity contribution >= 4 is 0 Å². The third-order valence-electron chi connectivity index (χ3n) is 3.63. The average Bonchev–Trinajstić information content (AvgIpc) is 2.87. The molecule has 0 bridgehead atoms. The van der Waals surface area contributed by atoms with Crippen molar-refractivity contribution in [3.05, 3.63) is 18.0 Å². The van der Waals surface area contributed by atoms with Gasteiger partial charge in [0.05, 0.1) is 12.3 Å². The summed E-state index contributed by atoms with van der Waals surface area (Å²) in [4.78, 5) is 0. The molecule has 1 N–H and O–H groups in total. The molecular formula is C13H23N3O. The van der Waals surface area contributed by atoms with Crippen molar-refractivity contribution in [1.82, 2.24) is 15.1 Å². The van der Waals surface area contributed by atoms with Crippen LogP contribution in [0.15, 0.2) is 12.4 Å². The Balaban J connectivity index is 2.01. The lowest BCUT2D eigenvalue weighted by Crippen LogP contribution is -2.40. The highest BCUT2D eigenvalue weighted by atomic mass is 16.5. The van der Waals surface area contributed by atoms with Gasteiger partial charge in [0.15, 0.2) is 0 Å². The smallest absolute Gasteiger partial charge is 0.0590 e. The second-order valence-electron chi connectivity index (χ2n) is 4.92. The highest BCUT2D eigenvalue weighted by Crippen LogP contribution is 2.25. The molecule has 1 aromatic heterocycles. The van der Waals surface area contributed by atoms with E-state index in [9.17, 15) is 0 Å².